The molecule has 0 aliphatic carbocycles. The second-order valence-electron chi connectivity index (χ2n) is 3.88. The summed E-state index contributed by atoms with van der Waals surface area (Å²) in [6, 6.07) is 0. The summed E-state index contributed by atoms with van der Waals surface area (Å²) in [6.07, 6.45) is 15.1. The van der Waals surface area contributed by atoms with E-state index in [0.717, 1.165) is 6.42 Å². The number of allylic oxidation sites excluding steroid dienone is 3. The molecule has 0 atom stereocenters. The molecule has 0 rings (SSSR count). The van der Waals surface area contributed by atoms with Gasteiger partial charge in [-0.1, -0.05) is 50.8 Å². The molecule has 0 aromatic rings. The molecule has 0 spiro atoms. The van der Waals surface area contributed by atoms with Crippen LogP contribution in [-0.4, -0.2) is 12.5 Å². The van der Waals surface area contributed by atoms with Crippen molar-refractivity contribution < 1.29 is 4.79 Å². The molecule has 0 aliphatic heterocycles. The van der Waals surface area contributed by atoms with Crippen LogP contribution in [0.3, 0.4) is 0 Å². The van der Waals surface area contributed by atoms with Gasteiger partial charge in [0.25, 0.3) is 0 Å². The van der Waals surface area contributed by atoms with Crippen molar-refractivity contribution in [2.45, 2.75) is 52.4 Å². The maximum absolute atomic E-state index is 11.0. The van der Waals surface area contributed by atoms with Gasteiger partial charge < -0.3 is 5.32 Å². The molecule has 2 heteroatoms. The van der Waals surface area contributed by atoms with E-state index >= 15 is 0 Å². The number of unbranched alkanes of at least 4 members (excludes halogenated alkanes) is 5. The van der Waals surface area contributed by atoms with Crippen molar-refractivity contribution in [1.29, 1.82) is 0 Å². The lowest BCUT2D eigenvalue weighted by atomic mass is 10.1. The Labute approximate surface area is 99.8 Å². The van der Waals surface area contributed by atoms with E-state index in [9.17, 15) is 4.79 Å². The van der Waals surface area contributed by atoms with Gasteiger partial charge in [-0.2, -0.15) is 0 Å². The third-order valence-corrected chi connectivity index (χ3v) is 2.32. The van der Waals surface area contributed by atoms with Crippen molar-refractivity contribution in [1.82, 2.24) is 5.32 Å². The minimum absolute atomic E-state index is 0.0184. The zero-order chi connectivity index (χ0) is 12.1. The van der Waals surface area contributed by atoms with Crippen LogP contribution in [-0.2, 0) is 4.79 Å². The van der Waals surface area contributed by atoms with Gasteiger partial charge in [0.2, 0.25) is 5.91 Å². The van der Waals surface area contributed by atoms with Gasteiger partial charge >= 0.3 is 0 Å². The lowest BCUT2D eigenvalue weighted by molar-refractivity contribution is -0.116. The first-order chi connectivity index (χ1) is 7.81. The van der Waals surface area contributed by atoms with E-state index in [2.05, 4.69) is 18.3 Å². The van der Waals surface area contributed by atoms with Crippen molar-refractivity contribution in [2.24, 2.45) is 0 Å². The number of likely N-dealkylation sites (N-methyl/N-ethyl adjacent to an activating group) is 1. The summed E-state index contributed by atoms with van der Waals surface area (Å²) < 4.78 is 0. The zero-order valence-corrected chi connectivity index (χ0v) is 10.7. The van der Waals surface area contributed by atoms with Crippen LogP contribution in [0.5, 0.6) is 0 Å². The number of nitrogens with one attached hydrogen (secondary N) is 1. The smallest absolute Gasteiger partial charge is 0.243 e. The third kappa shape index (κ3) is 11.0. The molecular formula is C14H25NO. The van der Waals surface area contributed by atoms with Crippen molar-refractivity contribution in [3.05, 3.63) is 24.3 Å². The quantitative estimate of drug-likeness (QED) is 0.361. The summed E-state index contributed by atoms with van der Waals surface area (Å²) in [5.41, 5.74) is 0. The van der Waals surface area contributed by atoms with Gasteiger partial charge in [-0.25, -0.2) is 0 Å². The molecular weight excluding hydrogens is 198 g/mol. The molecule has 2 nitrogen and oxygen atoms in total. The topological polar surface area (TPSA) is 29.1 Å². The Morgan fingerprint density at radius 3 is 2.50 bits per heavy atom. The minimum atomic E-state index is -0.0184. The van der Waals surface area contributed by atoms with Crippen LogP contribution >= 0.6 is 0 Å². The highest BCUT2D eigenvalue weighted by Crippen LogP contribution is 2.05. The Morgan fingerprint density at radius 1 is 1.06 bits per heavy atom. The molecule has 0 heterocycles. The predicted molar refractivity (Wildman–Crippen MR) is 70.3 cm³/mol. The van der Waals surface area contributed by atoms with Crippen molar-refractivity contribution in [3.8, 4) is 0 Å². The first-order valence-corrected chi connectivity index (χ1v) is 6.42. The third-order valence-electron chi connectivity index (χ3n) is 2.32. The summed E-state index contributed by atoms with van der Waals surface area (Å²) in [6.45, 7) is 4.83. The van der Waals surface area contributed by atoms with E-state index in [1.807, 2.05) is 13.0 Å². The SMILES string of the molecule is CCCCCCC/C=C/C=C/C(=O)NCC. The lowest BCUT2D eigenvalue weighted by Crippen LogP contribution is -2.19. The Bertz CT molecular complexity index is 219. The average molecular weight is 223 g/mol. The number of carbonyl (C=O) groups is 1. The zero-order valence-electron chi connectivity index (χ0n) is 10.7. The van der Waals surface area contributed by atoms with Crippen LogP contribution < -0.4 is 5.32 Å². The van der Waals surface area contributed by atoms with Gasteiger partial charge in [-0.15, -0.1) is 0 Å². The highest BCUT2D eigenvalue weighted by atomic mass is 16.1. The Hall–Kier alpha value is -1.05. The standard InChI is InChI=1S/C14H25NO/c1-3-5-6-7-8-9-10-11-12-13-14(16)15-4-2/h10-13H,3-9H2,1-2H3,(H,15,16)/b11-10+,13-12+. The van der Waals surface area contributed by atoms with E-state index in [1.54, 1.807) is 12.2 Å². The van der Waals surface area contributed by atoms with Crippen LogP contribution in [0.2, 0.25) is 0 Å². The maximum Gasteiger partial charge on any atom is 0.243 e. The summed E-state index contributed by atoms with van der Waals surface area (Å²) in [4.78, 5) is 11.0. The first-order valence-electron chi connectivity index (χ1n) is 6.42. The number of hydrogen-bond donors (Lipinski definition) is 1. The molecule has 0 aromatic carbocycles. The fourth-order valence-corrected chi connectivity index (χ4v) is 1.42. The van der Waals surface area contributed by atoms with E-state index < -0.39 is 0 Å². The molecule has 92 valence electrons. The Morgan fingerprint density at radius 2 is 1.81 bits per heavy atom. The molecule has 0 aliphatic rings. The highest BCUT2D eigenvalue weighted by Gasteiger charge is 1.88. The number of amides is 1. The molecule has 0 aromatic heterocycles. The van der Waals surface area contributed by atoms with Gasteiger partial charge in [0, 0.05) is 12.6 Å². The van der Waals surface area contributed by atoms with E-state index in [1.165, 1.54) is 32.1 Å². The van der Waals surface area contributed by atoms with Gasteiger partial charge in [0.05, 0.1) is 0 Å². The number of hydrogen-bond acceptors (Lipinski definition) is 1. The Kier molecular flexibility index (Phi) is 11.2. The van der Waals surface area contributed by atoms with Crippen molar-refractivity contribution >= 4 is 5.91 Å². The van der Waals surface area contributed by atoms with Crippen LogP contribution in [0.25, 0.3) is 0 Å². The monoisotopic (exact) mass is 223 g/mol. The van der Waals surface area contributed by atoms with E-state index in [0.29, 0.717) is 6.54 Å². The Balaban J connectivity index is 3.36. The molecule has 0 bridgehead atoms. The van der Waals surface area contributed by atoms with Crippen LogP contribution in [0.15, 0.2) is 24.3 Å². The highest BCUT2D eigenvalue weighted by molar-refractivity contribution is 5.87. The molecule has 0 saturated heterocycles. The van der Waals surface area contributed by atoms with Gasteiger partial charge in [0.1, 0.15) is 0 Å². The molecule has 0 fully saturated rings. The molecule has 1 N–H and O–H groups in total. The van der Waals surface area contributed by atoms with Crippen LogP contribution in [0.4, 0.5) is 0 Å². The molecule has 0 saturated carbocycles. The van der Waals surface area contributed by atoms with Crippen molar-refractivity contribution in [2.75, 3.05) is 6.54 Å². The fraction of sp³-hybridized carbons (Fsp3) is 0.643. The van der Waals surface area contributed by atoms with Gasteiger partial charge in [-0.05, 0) is 19.8 Å². The fourth-order valence-electron chi connectivity index (χ4n) is 1.42. The molecule has 1 amide bonds. The normalized spacial score (nSPS) is 11.4. The van der Waals surface area contributed by atoms with Crippen molar-refractivity contribution in [3.63, 3.8) is 0 Å². The second-order valence-corrected chi connectivity index (χ2v) is 3.88. The summed E-state index contributed by atoms with van der Waals surface area (Å²) in [5.74, 6) is -0.0184. The first kappa shape index (κ1) is 14.9. The summed E-state index contributed by atoms with van der Waals surface area (Å²) in [7, 11) is 0. The average Bonchev–Trinajstić information content (AvgIpc) is 2.27. The molecule has 0 radical (unpaired) electrons. The number of rotatable bonds is 9. The van der Waals surface area contributed by atoms with Gasteiger partial charge in [0.15, 0.2) is 0 Å². The van der Waals surface area contributed by atoms with Gasteiger partial charge in [-0.3, -0.25) is 4.79 Å². The van der Waals surface area contributed by atoms with Crippen LogP contribution in [0.1, 0.15) is 52.4 Å². The number of carbonyl (C=O) groups excluding carboxylic acids is 1. The lowest BCUT2D eigenvalue weighted by Gasteiger charge is -1.95. The maximum atomic E-state index is 11.0. The second kappa shape index (κ2) is 12.0. The predicted octanol–water partition coefficient (Wildman–Crippen LogP) is 3.60. The van der Waals surface area contributed by atoms with E-state index in [4.69, 9.17) is 0 Å². The van der Waals surface area contributed by atoms with Crippen LogP contribution in [0, 0.1) is 0 Å². The summed E-state index contributed by atoms with van der Waals surface area (Å²) in [5, 5.41) is 2.71. The van der Waals surface area contributed by atoms with E-state index in [-0.39, 0.29) is 5.91 Å². The molecule has 16 heavy (non-hydrogen) atoms. The summed E-state index contributed by atoms with van der Waals surface area (Å²) >= 11 is 0. The molecule has 0 unspecified atom stereocenters. The minimum Gasteiger partial charge on any atom is -0.353 e. The largest absolute Gasteiger partial charge is 0.353 e.